The molecule has 1 amide bonds. The van der Waals surface area contributed by atoms with E-state index in [0.717, 1.165) is 27.4 Å². The van der Waals surface area contributed by atoms with E-state index >= 15 is 0 Å². The maximum Gasteiger partial charge on any atom is 0.252 e. The van der Waals surface area contributed by atoms with Crippen molar-refractivity contribution in [2.24, 2.45) is 0 Å². The lowest BCUT2D eigenvalue weighted by molar-refractivity contribution is 0.0951. The molecule has 0 radical (unpaired) electrons. The van der Waals surface area contributed by atoms with Crippen LogP contribution in [0.4, 0.5) is 0 Å². The van der Waals surface area contributed by atoms with Crippen molar-refractivity contribution in [3.05, 3.63) is 76.8 Å². The zero-order chi connectivity index (χ0) is 22.8. The fraction of sp³-hybridized carbons (Fsp3) is 0.240. The number of carbonyl (C=O) groups is 1. The first kappa shape index (κ1) is 21.2. The third-order valence-electron chi connectivity index (χ3n) is 5.57. The second-order valence-electron chi connectivity index (χ2n) is 8.06. The van der Waals surface area contributed by atoms with Gasteiger partial charge in [-0.1, -0.05) is 6.07 Å². The number of aromatic nitrogens is 4. The Balaban J connectivity index is 1.43. The van der Waals surface area contributed by atoms with Crippen molar-refractivity contribution in [1.82, 2.24) is 25.3 Å². The van der Waals surface area contributed by atoms with Gasteiger partial charge in [-0.25, -0.2) is 9.97 Å². The largest absolute Gasteiger partial charge is 0.481 e. The summed E-state index contributed by atoms with van der Waals surface area (Å²) in [4.78, 5) is 31.1. The minimum atomic E-state index is -0.212. The highest BCUT2D eigenvalue weighted by molar-refractivity contribution is 7.13. The standard InChI is InChI=1S/C25H23N5O2S/c1-15-9-17(12-26-11-15)22-10-20(21(14-28-22)25-27-7-8-33-25)23(31)29-13-18-5-6-19(16-3-4-16)24(30-18)32-2/h5-12,14,16H,3-4,13H2,1-2H3,(H,29,31). The van der Waals surface area contributed by atoms with Crippen LogP contribution in [0.3, 0.4) is 0 Å². The topological polar surface area (TPSA) is 89.9 Å². The van der Waals surface area contributed by atoms with Gasteiger partial charge in [-0.05, 0) is 49.4 Å². The number of pyridine rings is 3. The number of aryl methyl sites for hydroxylation is 1. The zero-order valence-corrected chi connectivity index (χ0v) is 19.2. The van der Waals surface area contributed by atoms with E-state index in [0.29, 0.717) is 35.2 Å². The summed E-state index contributed by atoms with van der Waals surface area (Å²) >= 11 is 1.47. The van der Waals surface area contributed by atoms with Crippen LogP contribution in [0.5, 0.6) is 5.88 Å². The van der Waals surface area contributed by atoms with Crippen molar-refractivity contribution in [2.45, 2.75) is 32.2 Å². The molecule has 1 aliphatic carbocycles. The zero-order valence-electron chi connectivity index (χ0n) is 18.4. The molecule has 0 spiro atoms. The second-order valence-corrected chi connectivity index (χ2v) is 8.96. The summed E-state index contributed by atoms with van der Waals surface area (Å²) in [5.41, 5.74) is 5.67. The predicted octanol–water partition coefficient (Wildman–Crippen LogP) is 4.79. The van der Waals surface area contributed by atoms with E-state index in [1.54, 1.807) is 38.0 Å². The van der Waals surface area contributed by atoms with Crippen molar-refractivity contribution >= 4 is 17.2 Å². The minimum absolute atomic E-state index is 0.212. The Kier molecular flexibility index (Phi) is 5.83. The van der Waals surface area contributed by atoms with Gasteiger partial charge in [0.05, 0.1) is 30.6 Å². The Bertz CT molecular complexity index is 1300. The number of nitrogens with zero attached hydrogens (tertiary/aromatic N) is 4. The fourth-order valence-corrected chi connectivity index (χ4v) is 4.41. The van der Waals surface area contributed by atoms with Gasteiger partial charge < -0.3 is 10.1 Å². The molecule has 166 valence electrons. The highest BCUT2D eigenvalue weighted by Crippen LogP contribution is 2.43. The van der Waals surface area contributed by atoms with E-state index in [1.807, 2.05) is 24.4 Å². The quantitative estimate of drug-likeness (QED) is 0.429. The first-order chi connectivity index (χ1) is 16.1. The lowest BCUT2D eigenvalue weighted by atomic mass is 10.0. The Morgan fingerprint density at radius 3 is 2.79 bits per heavy atom. The Labute approximate surface area is 195 Å². The lowest BCUT2D eigenvalue weighted by Gasteiger charge is -2.12. The molecule has 8 heteroatoms. The molecule has 1 aliphatic rings. The van der Waals surface area contributed by atoms with Crippen LogP contribution >= 0.6 is 11.3 Å². The molecule has 0 atom stereocenters. The van der Waals surface area contributed by atoms with Gasteiger partial charge in [0.1, 0.15) is 5.01 Å². The van der Waals surface area contributed by atoms with Crippen molar-refractivity contribution in [2.75, 3.05) is 7.11 Å². The number of carbonyl (C=O) groups excluding carboxylic acids is 1. The van der Waals surface area contributed by atoms with Crippen LogP contribution in [0.2, 0.25) is 0 Å². The maximum absolute atomic E-state index is 13.3. The summed E-state index contributed by atoms with van der Waals surface area (Å²) in [5, 5.41) is 5.63. The first-order valence-corrected chi connectivity index (χ1v) is 11.6. The molecule has 1 N–H and O–H groups in total. The molecular weight excluding hydrogens is 434 g/mol. The smallest absolute Gasteiger partial charge is 0.252 e. The summed E-state index contributed by atoms with van der Waals surface area (Å²) < 4.78 is 5.48. The number of amides is 1. The summed E-state index contributed by atoms with van der Waals surface area (Å²) in [5.74, 6) is 0.977. The lowest BCUT2D eigenvalue weighted by Crippen LogP contribution is -2.24. The maximum atomic E-state index is 13.3. The Hall–Kier alpha value is -3.65. The van der Waals surface area contributed by atoms with Gasteiger partial charge in [0.2, 0.25) is 5.88 Å². The van der Waals surface area contributed by atoms with E-state index in [1.165, 1.54) is 24.2 Å². The molecular formula is C25H23N5O2S. The second kappa shape index (κ2) is 9.07. The molecule has 0 aromatic carbocycles. The third kappa shape index (κ3) is 4.61. The summed E-state index contributed by atoms with van der Waals surface area (Å²) in [7, 11) is 1.63. The summed E-state index contributed by atoms with van der Waals surface area (Å²) in [6.45, 7) is 2.27. The Morgan fingerprint density at radius 1 is 1.18 bits per heavy atom. The van der Waals surface area contributed by atoms with Crippen molar-refractivity contribution in [3.63, 3.8) is 0 Å². The third-order valence-corrected chi connectivity index (χ3v) is 6.38. The van der Waals surface area contributed by atoms with E-state index in [9.17, 15) is 4.79 Å². The average molecular weight is 458 g/mol. The molecule has 0 saturated heterocycles. The van der Waals surface area contributed by atoms with Crippen molar-refractivity contribution in [3.8, 4) is 27.7 Å². The predicted molar refractivity (Wildman–Crippen MR) is 127 cm³/mol. The molecule has 1 saturated carbocycles. The average Bonchev–Trinajstić information content (AvgIpc) is 3.55. The SMILES string of the molecule is COc1nc(CNC(=O)c2cc(-c3cncc(C)c3)ncc2-c2nccs2)ccc1C1CC1. The van der Waals surface area contributed by atoms with E-state index < -0.39 is 0 Å². The van der Waals surface area contributed by atoms with Gasteiger partial charge >= 0.3 is 0 Å². The summed E-state index contributed by atoms with van der Waals surface area (Å²) in [6.07, 6.45) is 9.31. The highest BCUT2D eigenvalue weighted by Gasteiger charge is 2.27. The van der Waals surface area contributed by atoms with Crippen LogP contribution in [0.1, 0.15) is 45.9 Å². The number of ether oxygens (including phenoxy) is 1. The number of methoxy groups -OCH3 is 1. The van der Waals surface area contributed by atoms with Crippen LogP contribution < -0.4 is 10.1 Å². The van der Waals surface area contributed by atoms with Gasteiger partial charge in [0, 0.05) is 46.9 Å². The van der Waals surface area contributed by atoms with E-state index in [-0.39, 0.29) is 5.91 Å². The number of thiazole rings is 1. The molecule has 33 heavy (non-hydrogen) atoms. The molecule has 1 fully saturated rings. The van der Waals surface area contributed by atoms with E-state index in [2.05, 4.69) is 31.3 Å². The van der Waals surface area contributed by atoms with Crippen LogP contribution in [0.15, 0.2) is 54.4 Å². The van der Waals surface area contributed by atoms with Gasteiger partial charge in [0.25, 0.3) is 5.91 Å². The molecule has 4 aromatic rings. The molecule has 4 aromatic heterocycles. The first-order valence-electron chi connectivity index (χ1n) is 10.8. The number of rotatable bonds is 7. The minimum Gasteiger partial charge on any atom is -0.481 e. The van der Waals surface area contributed by atoms with Crippen molar-refractivity contribution < 1.29 is 9.53 Å². The van der Waals surface area contributed by atoms with Crippen LogP contribution in [-0.4, -0.2) is 33.0 Å². The monoisotopic (exact) mass is 457 g/mol. The number of hydrogen-bond donors (Lipinski definition) is 1. The molecule has 5 rings (SSSR count). The van der Waals surface area contributed by atoms with Crippen molar-refractivity contribution in [1.29, 1.82) is 0 Å². The molecule has 7 nitrogen and oxygen atoms in total. The number of hydrogen-bond acceptors (Lipinski definition) is 7. The number of nitrogens with one attached hydrogen (secondary N) is 1. The van der Waals surface area contributed by atoms with Gasteiger partial charge in [-0.3, -0.25) is 14.8 Å². The van der Waals surface area contributed by atoms with Crippen LogP contribution in [0.25, 0.3) is 21.8 Å². The fourth-order valence-electron chi connectivity index (χ4n) is 3.75. The van der Waals surface area contributed by atoms with Gasteiger partial charge in [-0.15, -0.1) is 11.3 Å². The van der Waals surface area contributed by atoms with Crippen LogP contribution in [0, 0.1) is 6.92 Å². The molecule has 0 aliphatic heterocycles. The molecule has 4 heterocycles. The normalized spacial score (nSPS) is 13.0. The van der Waals surface area contributed by atoms with E-state index in [4.69, 9.17) is 4.74 Å². The molecule has 0 unspecified atom stereocenters. The van der Waals surface area contributed by atoms with Gasteiger partial charge in [-0.2, -0.15) is 0 Å². The van der Waals surface area contributed by atoms with Gasteiger partial charge in [0.15, 0.2) is 0 Å². The Morgan fingerprint density at radius 2 is 2.06 bits per heavy atom. The summed E-state index contributed by atoms with van der Waals surface area (Å²) in [6, 6.07) is 7.81. The van der Waals surface area contributed by atoms with Crippen LogP contribution in [-0.2, 0) is 6.54 Å². The highest BCUT2D eigenvalue weighted by atomic mass is 32.1. The molecule has 0 bridgehead atoms.